The summed E-state index contributed by atoms with van der Waals surface area (Å²) in [4.78, 5) is 23.2. The van der Waals surface area contributed by atoms with Crippen LogP contribution in [0.3, 0.4) is 0 Å². The van der Waals surface area contributed by atoms with Gasteiger partial charge in [-0.1, -0.05) is 0 Å². The summed E-state index contributed by atoms with van der Waals surface area (Å²) in [7, 11) is 0. The van der Waals surface area contributed by atoms with Gasteiger partial charge in [-0.15, -0.1) is 0 Å². The average molecular weight is 357 g/mol. The number of halogens is 1. The van der Waals surface area contributed by atoms with Gasteiger partial charge in [0, 0.05) is 20.7 Å². The van der Waals surface area contributed by atoms with E-state index in [2.05, 4.69) is 22.6 Å². The second-order valence-corrected chi connectivity index (χ2v) is 5.33. The van der Waals surface area contributed by atoms with Crippen molar-refractivity contribution in [2.45, 2.75) is 13.3 Å². The highest BCUT2D eigenvalue weighted by Crippen LogP contribution is 2.25. The molecule has 2 aromatic rings. The van der Waals surface area contributed by atoms with E-state index in [0.29, 0.717) is 12.0 Å². The Morgan fingerprint density at radius 1 is 1.44 bits per heavy atom. The minimum absolute atomic E-state index is 0.221. The smallest absolute Gasteiger partial charge is 0.341 e. The molecule has 18 heavy (non-hydrogen) atoms. The van der Waals surface area contributed by atoms with Crippen LogP contribution in [0, 0.1) is 3.57 Å². The number of hydrogen-bond donors (Lipinski definition) is 1. The SMILES string of the molecule is O=C(O)c1cn2c3c(cc(I)cc3c1=O)COC2. The van der Waals surface area contributed by atoms with Crippen LogP contribution in [0.25, 0.3) is 10.9 Å². The van der Waals surface area contributed by atoms with Crippen molar-refractivity contribution >= 4 is 39.5 Å². The number of pyridine rings is 1. The van der Waals surface area contributed by atoms with E-state index in [9.17, 15) is 9.59 Å². The molecule has 0 radical (unpaired) electrons. The van der Waals surface area contributed by atoms with Crippen LogP contribution in [-0.2, 0) is 18.1 Å². The highest BCUT2D eigenvalue weighted by atomic mass is 127. The molecule has 5 nitrogen and oxygen atoms in total. The van der Waals surface area contributed by atoms with Crippen molar-refractivity contribution in [3.63, 3.8) is 0 Å². The summed E-state index contributed by atoms with van der Waals surface area (Å²) in [5.41, 5.74) is 1.03. The van der Waals surface area contributed by atoms with Crippen LogP contribution in [0.5, 0.6) is 0 Å². The number of hydrogen-bond acceptors (Lipinski definition) is 3. The van der Waals surface area contributed by atoms with Crippen molar-refractivity contribution in [1.82, 2.24) is 4.57 Å². The first-order valence-electron chi connectivity index (χ1n) is 5.24. The maximum absolute atomic E-state index is 12.1. The van der Waals surface area contributed by atoms with Crippen LogP contribution >= 0.6 is 22.6 Å². The molecule has 2 heterocycles. The summed E-state index contributed by atoms with van der Waals surface area (Å²) in [6.45, 7) is 0.712. The predicted molar refractivity (Wildman–Crippen MR) is 72.7 cm³/mol. The van der Waals surface area contributed by atoms with Gasteiger partial charge in [-0.05, 0) is 34.7 Å². The zero-order valence-corrected chi connectivity index (χ0v) is 11.3. The number of nitrogens with zero attached hydrogens (tertiary/aromatic N) is 1. The molecule has 0 saturated carbocycles. The van der Waals surface area contributed by atoms with Crippen LogP contribution in [0.2, 0.25) is 0 Å². The van der Waals surface area contributed by atoms with Crippen molar-refractivity contribution in [1.29, 1.82) is 0 Å². The Balaban J connectivity index is 2.52. The Kier molecular flexibility index (Phi) is 2.63. The molecule has 0 amide bonds. The Bertz CT molecular complexity index is 735. The monoisotopic (exact) mass is 357 g/mol. The Hall–Kier alpha value is -1.41. The van der Waals surface area contributed by atoms with Gasteiger partial charge in [0.25, 0.3) is 0 Å². The molecule has 0 unspecified atom stereocenters. The van der Waals surface area contributed by atoms with Gasteiger partial charge in [-0.3, -0.25) is 4.79 Å². The number of carboxylic acid groups (broad SMARTS) is 1. The summed E-state index contributed by atoms with van der Waals surface area (Å²) >= 11 is 2.11. The summed E-state index contributed by atoms with van der Waals surface area (Å²) < 4.78 is 7.95. The molecule has 92 valence electrons. The lowest BCUT2D eigenvalue weighted by molar-refractivity contribution is 0.0566. The third kappa shape index (κ3) is 1.64. The number of carbonyl (C=O) groups is 1. The van der Waals surface area contributed by atoms with Crippen LogP contribution in [-0.4, -0.2) is 15.6 Å². The van der Waals surface area contributed by atoms with Crippen LogP contribution in [0.1, 0.15) is 15.9 Å². The number of aromatic nitrogens is 1. The molecular formula is C12H8INO4. The average Bonchev–Trinajstić information content (AvgIpc) is 2.32. The standard InChI is InChI=1S/C12H8INO4/c13-7-1-6-4-18-5-14-3-9(12(16)17)11(15)8(2-7)10(6)14/h1-3H,4-5H2,(H,16,17). The fraction of sp³-hybridized carbons (Fsp3) is 0.167. The highest BCUT2D eigenvalue weighted by Gasteiger charge is 2.19. The topological polar surface area (TPSA) is 68.5 Å². The van der Waals surface area contributed by atoms with Crippen molar-refractivity contribution < 1.29 is 14.6 Å². The molecular weight excluding hydrogens is 349 g/mol. The molecule has 1 aromatic heterocycles. The lowest BCUT2D eigenvalue weighted by atomic mass is 10.1. The molecule has 1 aromatic carbocycles. The van der Waals surface area contributed by atoms with Gasteiger partial charge in [0.15, 0.2) is 0 Å². The summed E-state index contributed by atoms with van der Waals surface area (Å²) in [6.07, 6.45) is 1.35. The van der Waals surface area contributed by atoms with Gasteiger partial charge >= 0.3 is 5.97 Å². The fourth-order valence-electron chi connectivity index (χ4n) is 2.21. The molecule has 0 spiro atoms. The molecule has 1 N–H and O–H groups in total. The first-order valence-corrected chi connectivity index (χ1v) is 6.32. The first-order chi connectivity index (χ1) is 8.58. The summed E-state index contributed by atoms with van der Waals surface area (Å²) in [5, 5.41) is 9.49. The van der Waals surface area contributed by atoms with Crippen LogP contribution < -0.4 is 5.43 Å². The zero-order chi connectivity index (χ0) is 12.9. The van der Waals surface area contributed by atoms with E-state index in [0.717, 1.165) is 14.7 Å². The Labute approximate surface area is 115 Å². The van der Waals surface area contributed by atoms with Crippen LogP contribution in [0.15, 0.2) is 23.1 Å². The number of rotatable bonds is 1. The number of ether oxygens (including phenoxy) is 1. The van der Waals surface area contributed by atoms with E-state index in [-0.39, 0.29) is 12.3 Å². The lowest BCUT2D eigenvalue weighted by Gasteiger charge is -2.21. The quantitative estimate of drug-likeness (QED) is 0.791. The number of benzene rings is 1. The van der Waals surface area contributed by atoms with E-state index in [1.807, 2.05) is 6.07 Å². The normalized spacial score (nSPS) is 13.8. The van der Waals surface area contributed by atoms with E-state index in [1.165, 1.54) is 6.20 Å². The molecule has 0 aliphatic carbocycles. The van der Waals surface area contributed by atoms with Gasteiger partial charge in [0.05, 0.1) is 12.1 Å². The molecule has 0 saturated heterocycles. The fourth-order valence-corrected chi connectivity index (χ4v) is 2.90. The van der Waals surface area contributed by atoms with Gasteiger partial charge in [-0.25, -0.2) is 4.79 Å². The van der Waals surface area contributed by atoms with Crippen molar-refractivity contribution in [3.05, 3.63) is 43.2 Å². The van der Waals surface area contributed by atoms with E-state index >= 15 is 0 Å². The molecule has 1 aliphatic rings. The largest absolute Gasteiger partial charge is 0.477 e. The molecule has 0 atom stereocenters. The molecule has 3 rings (SSSR count). The molecule has 0 fully saturated rings. The van der Waals surface area contributed by atoms with E-state index in [1.54, 1.807) is 10.6 Å². The third-order valence-electron chi connectivity index (χ3n) is 2.93. The third-order valence-corrected chi connectivity index (χ3v) is 3.56. The highest BCUT2D eigenvalue weighted by molar-refractivity contribution is 14.1. The number of aromatic carboxylic acids is 1. The maximum atomic E-state index is 12.1. The van der Waals surface area contributed by atoms with Gasteiger partial charge in [-0.2, -0.15) is 0 Å². The molecule has 0 bridgehead atoms. The summed E-state index contributed by atoms with van der Waals surface area (Å²) in [5.74, 6) is -1.21. The molecule has 1 aliphatic heterocycles. The second kappa shape index (κ2) is 4.06. The van der Waals surface area contributed by atoms with Crippen LogP contribution in [0.4, 0.5) is 0 Å². The van der Waals surface area contributed by atoms with E-state index < -0.39 is 11.4 Å². The molecule has 6 heteroatoms. The van der Waals surface area contributed by atoms with Gasteiger partial charge in [0.1, 0.15) is 12.3 Å². The zero-order valence-electron chi connectivity index (χ0n) is 9.14. The Morgan fingerprint density at radius 2 is 2.22 bits per heavy atom. The minimum Gasteiger partial charge on any atom is -0.477 e. The number of carboxylic acids is 1. The first kappa shape index (κ1) is 11.7. The van der Waals surface area contributed by atoms with Gasteiger partial charge in [0.2, 0.25) is 5.43 Å². The van der Waals surface area contributed by atoms with Crippen molar-refractivity contribution in [3.8, 4) is 0 Å². The maximum Gasteiger partial charge on any atom is 0.341 e. The van der Waals surface area contributed by atoms with E-state index in [4.69, 9.17) is 9.84 Å². The summed E-state index contributed by atoms with van der Waals surface area (Å²) in [6, 6.07) is 3.66. The minimum atomic E-state index is -1.21. The second-order valence-electron chi connectivity index (χ2n) is 4.09. The van der Waals surface area contributed by atoms with Gasteiger partial charge < -0.3 is 14.4 Å². The lowest BCUT2D eigenvalue weighted by Crippen LogP contribution is -2.22. The predicted octanol–water partition coefficient (Wildman–Crippen LogP) is 1.79. The Morgan fingerprint density at radius 3 is 2.94 bits per heavy atom. The van der Waals surface area contributed by atoms with Crippen molar-refractivity contribution in [2.24, 2.45) is 0 Å². The van der Waals surface area contributed by atoms with Crippen molar-refractivity contribution in [2.75, 3.05) is 0 Å².